The van der Waals surface area contributed by atoms with E-state index in [1.165, 1.54) is 0 Å². The molecule has 1 aliphatic rings. The number of hydrogen-bond donors (Lipinski definition) is 1. The van der Waals surface area contributed by atoms with Gasteiger partial charge in [0.05, 0.1) is 6.61 Å². The fourth-order valence-electron chi connectivity index (χ4n) is 3.11. The number of hydrogen-bond acceptors (Lipinski definition) is 4. The van der Waals surface area contributed by atoms with Crippen molar-refractivity contribution in [3.05, 3.63) is 65.7 Å². The Bertz CT molecular complexity index is 1050. The molecule has 0 saturated carbocycles. The molecule has 0 spiro atoms. The third-order valence-corrected chi connectivity index (χ3v) is 4.53. The predicted molar refractivity (Wildman–Crippen MR) is 98.8 cm³/mol. The van der Waals surface area contributed by atoms with Crippen LogP contribution in [0.2, 0.25) is 0 Å². The van der Waals surface area contributed by atoms with Crippen LogP contribution in [0.25, 0.3) is 10.8 Å². The van der Waals surface area contributed by atoms with Gasteiger partial charge in [0.1, 0.15) is 24.1 Å². The number of benzene rings is 3. The Kier molecular flexibility index (Phi) is 4.73. The summed E-state index contributed by atoms with van der Waals surface area (Å²) in [6.45, 7) is 0.421. The van der Waals surface area contributed by atoms with E-state index in [2.05, 4.69) is 0 Å². The van der Waals surface area contributed by atoms with Crippen molar-refractivity contribution < 1.29 is 27.8 Å². The van der Waals surface area contributed by atoms with E-state index in [0.29, 0.717) is 24.5 Å². The number of rotatable bonds is 5. The first kappa shape index (κ1) is 18.0. The summed E-state index contributed by atoms with van der Waals surface area (Å²) in [5, 5.41) is 2.10. The number of primary amides is 1. The summed E-state index contributed by atoms with van der Waals surface area (Å²) in [7, 11) is 0. The third kappa shape index (κ3) is 3.43. The van der Waals surface area contributed by atoms with E-state index in [9.17, 15) is 13.6 Å². The molecule has 1 aliphatic heterocycles. The quantitative estimate of drug-likeness (QED) is 0.725. The standard InChI is InChI=1S/C21H17F2NO4/c22-15-5-6-16(20(23)19(15)21(24)25)26-8-7-14-11-27-17-9-12-3-1-2-4-13(12)10-18(17)28-14/h1-6,9-10,14H,7-8,11H2,(H2,24,25). The highest BCUT2D eigenvalue weighted by molar-refractivity contribution is 5.93. The molecule has 5 nitrogen and oxygen atoms in total. The summed E-state index contributed by atoms with van der Waals surface area (Å²) in [5.74, 6) is -2.24. The van der Waals surface area contributed by atoms with Gasteiger partial charge < -0.3 is 19.9 Å². The van der Waals surface area contributed by atoms with E-state index in [0.717, 1.165) is 22.9 Å². The van der Waals surface area contributed by atoms with Gasteiger partial charge in [0.2, 0.25) is 0 Å². The van der Waals surface area contributed by atoms with Gasteiger partial charge in [-0.15, -0.1) is 0 Å². The Balaban J connectivity index is 1.41. The first-order valence-corrected chi connectivity index (χ1v) is 8.76. The van der Waals surface area contributed by atoms with E-state index in [4.69, 9.17) is 19.9 Å². The van der Waals surface area contributed by atoms with E-state index in [1.807, 2.05) is 36.4 Å². The predicted octanol–water partition coefficient (Wildman–Crippen LogP) is 3.83. The lowest BCUT2D eigenvalue weighted by Crippen LogP contribution is -2.30. The summed E-state index contributed by atoms with van der Waals surface area (Å²) in [5.41, 5.74) is 4.19. The lowest BCUT2D eigenvalue weighted by molar-refractivity contribution is 0.0731. The van der Waals surface area contributed by atoms with Crippen LogP contribution in [0.1, 0.15) is 16.8 Å². The fraction of sp³-hybridized carbons (Fsp3) is 0.190. The van der Waals surface area contributed by atoms with Gasteiger partial charge in [0.25, 0.3) is 5.91 Å². The van der Waals surface area contributed by atoms with Crippen LogP contribution in [0.5, 0.6) is 17.2 Å². The molecule has 3 aromatic rings. The minimum absolute atomic E-state index is 0.0949. The second-order valence-electron chi connectivity index (χ2n) is 6.43. The van der Waals surface area contributed by atoms with Crippen molar-refractivity contribution in [3.63, 3.8) is 0 Å². The van der Waals surface area contributed by atoms with Gasteiger partial charge in [-0.3, -0.25) is 4.79 Å². The zero-order valence-corrected chi connectivity index (χ0v) is 14.8. The summed E-state index contributed by atoms with van der Waals surface area (Å²) >= 11 is 0. The Morgan fingerprint density at radius 2 is 1.82 bits per heavy atom. The van der Waals surface area contributed by atoms with Crippen LogP contribution in [0.3, 0.4) is 0 Å². The molecule has 0 bridgehead atoms. The topological polar surface area (TPSA) is 70.8 Å². The molecule has 2 N–H and O–H groups in total. The van der Waals surface area contributed by atoms with Crippen LogP contribution in [0.4, 0.5) is 8.78 Å². The summed E-state index contributed by atoms with van der Waals surface area (Å²) in [6.07, 6.45) is 0.127. The van der Waals surface area contributed by atoms with Crippen LogP contribution in [-0.4, -0.2) is 25.2 Å². The minimum Gasteiger partial charge on any atom is -0.490 e. The highest BCUT2D eigenvalue weighted by Gasteiger charge is 2.23. The summed E-state index contributed by atoms with van der Waals surface area (Å²) < 4.78 is 44.8. The number of carbonyl (C=O) groups is 1. The summed E-state index contributed by atoms with van der Waals surface area (Å²) in [6, 6.07) is 13.8. The number of ether oxygens (including phenoxy) is 3. The Morgan fingerprint density at radius 1 is 1.11 bits per heavy atom. The van der Waals surface area contributed by atoms with Crippen LogP contribution in [0.15, 0.2) is 48.5 Å². The molecule has 0 fully saturated rings. The maximum Gasteiger partial charge on any atom is 0.254 e. The van der Waals surface area contributed by atoms with E-state index >= 15 is 0 Å². The average Bonchev–Trinajstić information content (AvgIpc) is 2.68. The first-order chi connectivity index (χ1) is 13.5. The Hall–Kier alpha value is -3.35. The van der Waals surface area contributed by atoms with E-state index in [-0.39, 0.29) is 18.5 Å². The maximum absolute atomic E-state index is 14.2. The van der Waals surface area contributed by atoms with Crippen molar-refractivity contribution in [1.29, 1.82) is 0 Å². The van der Waals surface area contributed by atoms with Crippen molar-refractivity contribution >= 4 is 16.7 Å². The highest BCUT2D eigenvalue weighted by atomic mass is 19.1. The number of nitrogens with two attached hydrogens (primary N) is 1. The number of fused-ring (bicyclic) bond motifs is 2. The molecule has 0 aromatic heterocycles. The molecule has 3 aromatic carbocycles. The van der Waals surface area contributed by atoms with Crippen LogP contribution < -0.4 is 19.9 Å². The van der Waals surface area contributed by atoms with Crippen molar-refractivity contribution in [2.75, 3.05) is 13.2 Å². The van der Waals surface area contributed by atoms with E-state index in [1.54, 1.807) is 0 Å². The van der Waals surface area contributed by atoms with Gasteiger partial charge in [0.15, 0.2) is 23.1 Å². The van der Waals surface area contributed by atoms with Crippen molar-refractivity contribution in [1.82, 2.24) is 0 Å². The molecule has 28 heavy (non-hydrogen) atoms. The van der Waals surface area contributed by atoms with Gasteiger partial charge in [-0.2, -0.15) is 0 Å². The van der Waals surface area contributed by atoms with Crippen LogP contribution >= 0.6 is 0 Å². The number of halogens is 2. The summed E-state index contributed by atoms with van der Waals surface area (Å²) in [4.78, 5) is 11.2. The second-order valence-corrected chi connectivity index (χ2v) is 6.43. The van der Waals surface area contributed by atoms with Crippen molar-refractivity contribution in [2.45, 2.75) is 12.5 Å². The van der Waals surface area contributed by atoms with Crippen molar-refractivity contribution in [3.8, 4) is 17.2 Å². The Morgan fingerprint density at radius 3 is 2.54 bits per heavy atom. The molecular weight excluding hydrogens is 368 g/mol. The first-order valence-electron chi connectivity index (χ1n) is 8.76. The molecule has 7 heteroatoms. The molecule has 1 amide bonds. The highest BCUT2D eigenvalue weighted by Crippen LogP contribution is 2.36. The molecular formula is C21H17F2NO4. The number of amides is 1. The van der Waals surface area contributed by atoms with Crippen LogP contribution in [0, 0.1) is 11.6 Å². The molecule has 1 heterocycles. The SMILES string of the molecule is NC(=O)c1c(F)ccc(OCCC2COc3cc4ccccc4cc3O2)c1F. The molecule has 4 rings (SSSR count). The average molecular weight is 385 g/mol. The lowest BCUT2D eigenvalue weighted by Gasteiger charge is -2.27. The van der Waals surface area contributed by atoms with Gasteiger partial charge in [0, 0.05) is 6.42 Å². The molecule has 144 valence electrons. The van der Waals surface area contributed by atoms with E-state index < -0.39 is 23.1 Å². The van der Waals surface area contributed by atoms with Gasteiger partial charge in [-0.25, -0.2) is 8.78 Å². The molecule has 0 radical (unpaired) electrons. The zero-order chi connectivity index (χ0) is 19.7. The zero-order valence-electron chi connectivity index (χ0n) is 14.8. The minimum atomic E-state index is -1.19. The second kappa shape index (κ2) is 7.34. The van der Waals surface area contributed by atoms with Gasteiger partial charge in [-0.1, -0.05) is 24.3 Å². The molecule has 0 aliphatic carbocycles. The molecule has 1 atom stereocenters. The monoisotopic (exact) mass is 385 g/mol. The smallest absolute Gasteiger partial charge is 0.254 e. The van der Waals surface area contributed by atoms with Crippen LogP contribution in [-0.2, 0) is 0 Å². The Labute approximate surface area is 159 Å². The van der Waals surface area contributed by atoms with Crippen molar-refractivity contribution in [2.24, 2.45) is 5.73 Å². The molecule has 1 unspecified atom stereocenters. The number of carbonyl (C=O) groups excluding carboxylic acids is 1. The van der Waals surface area contributed by atoms with Gasteiger partial charge in [-0.05, 0) is 35.0 Å². The lowest BCUT2D eigenvalue weighted by atomic mass is 10.1. The maximum atomic E-state index is 14.2. The molecule has 0 saturated heterocycles. The third-order valence-electron chi connectivity index (χ3n) is 4.53. The largest absolute Gasteiger partial charge is 0.490 e. The fourth-order valence-corrected chi connectivity index (χ4v) is 3.11. The normalized spacial score (nSPS) is 15.4. The van der Waals surface area contributed by atoms with Gasteiger partial charge >= 0.3 is 0 Å².